The van der Waals surface area contributed by atoms with Gasteiger partial charge in [-0.3, -0.25) is 4.79 Å². The summed E-state index contributed by atoms with van der Waals surface area (Å²) in [5.41, 5.74) is 3.20. The molecule has 7 heteroatoms. The first-order chi connectivity index (χ1) is 13.7. The van der Waals surface area contributed by atoms with Crippen molar-refractivity contribution in [1.82, 2.24) is 9.97 Å². The number of aromatic nitrogens is 2. The highest BCUT2D eigenvalue weighted by atomic mass is 16.6. The number of benzene rings is 2. The molecule has 1 aliphatic rings. The Morgan fingerprint density at radius 1 is 1.07 bits per heavy atom. The summed E-state index contributed by atoms with van der Waals surface area (Å²) in [7, 11) is 0. The van der Waals surface area contributed by atoms with E-state index in [-0.39, 0.29) is 11.6 Å². The predicted molar refractivity (Wildman–Crippen MR) is 106 cm³/mol. The second-order valence-electron chi connectivity index (χ2n) is 6.42. The number of nitrogens with zero attached hydrogens (tertiary/aromatic N) is 2. The van der Waals surface area contributed by atoms with Crippen LogP contribution >= 0.6 is 0 Å². The lowest BCUT2D eigenvalue weighted by Crippen LogP contribution is -2.17. The van der Waals surface area contributed by atoms with Crippen LogP contribution in [0.15, 0.2) is 54.7 Å². The van der Waals surface area contributed by atoms with Crippen LogP contribution in [0, 0.1) is 6.92 Å². The highest BCUT2D eigenvalue weighted by Gasteiger charge is 2.14. The molecule has 28 heavy (non-hydrogen) atoms. The van der Waals surface area contributed by atoms with Crippen molar-refractivity contribution in [2.24, 2.45) is 0 Å². The van der Waals surface area contributed by atoms with E-state index < -0.39 is 0 Å². The van der Waals surface area contributed by atoms with Crippen molar-refractivity contribution >= 4 is 17.5 Å². The lowest BCUT2D eigenvalue weighted by atomic mass is 10.1. The standard InChI is InChI=1S/C21H20N4O3/c1-14-3-2-4-15(11-14)13-23-21-22-8-7-17(25-21)20(26)24-16-5-6-18-19(12-16)28-10-9-27-18/h2-8,11-12H,9-10,13H2,1H3,(H,24,26)(H,22,23,25). The summed E-state index contributed by atoms with van der Waals surface area (Å²) in [4.78, 5) is 21.0. The van der Waals surface area contributed by atoms with Crippen LogP contribution in [0.3, 0.4) is 0 Å². The lowest BCUT2D eigenvalue weighted by molar-refractivity contribution is 0.102. The molecule has 142 valence electrons. The molecule has 2 N–H and O–H groups in total. The number of anilines is 2. The summed E-state index contributed by atoms with van der Waals surface area (Å²) >= 11 is 0. The van der Waals surface area contributed by atoms with Gasteiger partial charge in [-0.1, -0.05) is 29.8 Å². The molecule has 1 aromatic heterocycles. The molecule has 2 heterocycles. The second-order valence-corrected chi connectivity index (χ2v) is 6.42. The SMILES string of the molecule is Cc1cccc(CNc2nccc(C(=O)Nc3ccc4c(c3)OCCO4)n2)c1. The molecular weight excluding hydrogens is 356 g/mol. The molecule has 4 rings (SSSR count). The molecule has 2 aromatic carbocycles. The quantitative estimate of drug-likeness (QED) is 0.710. The van der Waals surface area contributed by atoms with E-state index >= 15 is 0 Å². The molecule has 0 unspecified atom stereocenters. The first kappa shape index (κ1) is 17.8. The van der Waals surface area contributed by atoms with Crippen molar-refractivity contribution in [3.05, 3.63) is 71.5 Å². The second kappa shape index (κ2) is 7.96. The Morgan fingerprint density at radius 3 is 2.79 bits per heavy atom. The van der Waals surface area contributed by atoms with Crippen LogP contribution in [0.5, 0.6) is 11.5 Å². The molecule has 1 aliphatic heterocycles. The molecule has 0 saturated heterocycles. The van der Waals surface area contributed by atoms with Crippen LogP contribution in [0.25, 0.3) is 0 Å². The fraction of sp³-hybridized carbons (Fsp3) is 0.190. The van der Waals surface area contributed by atoms with Gasteiger partial charge in [0, 0.05) is 24.5 Å². The van der Waals surface area contributed by atoms with Crippen LogP contribution in [-0.2, 0) is 6.54 Å². The zero-order chi connectivity index (χ0) is 19.3. The van der Waals surface area contributed by atoms with Gasteiger partial charge in [0.05, 0.1) is 0 Å². The maximum atomic E-state index is 12.6. The van der Waals surface area contributed by atoms with Crippen molar-refractivity contribution in [3.8, 4) is 11.5 Å². The van der Waals surface area contributed by atoms with Crippen LogP contribution < -0.4 is 20.1 Å². The number of aryl methyl sites for hydroxylation is 1. The number of hydrogen-bond acceptors (Lipinski definition) is 6. The van der Waals surface area contributed by atoms with Gasteiger partial charge >= 0.3 is 0 Å². The minimum Gasteiger partial charge on any atom is -0.486 e. The van der Waals surface area contributed by atoms with Crippen molar-refractivity contribution in [3.63, 3.8) is 0 Å². The van der Waals surface area contributed by atoms with E-state index in [4.69, 9.17) is 9.47 Å². The zero-order valence-corrected chi connectivity index (χ0v) is 15.4. The molecule has 0 bridgehead atoms. The van der Waals surface area contributed by atoms with Gasteiger partial charge in [0.25, 0.3) is 5.91 Å². The van der Waals surface area contributed by atoms with E-state index in [1.807, 2.05) is 25.1 Å². The molecule has 0 atom stereocenters. The van der Waals surface area contributed by atoms with Gasteiger partial charge < -0.3 is 20.1 Å². The third kappa shape index (κ3) is 4.20. The fourth-order valence-corrected chi connectivity index (χ4v) is 2.89. The number of ether oxygens (including phenoxy) is 2. The lowest BCUT2D eigenvalue weighted by Gasteiger charge is -2.19. The highest BCUT2D eigenvalue weighted by molar-refractivity contribution is 6.03. The maximum absolute atomic E-state index is 12.6. The van der Waals surface area contributed by atoms with Crippen LogP contribution in [0.1, 0.15) is 21.6 Å². The summed E-state index contributed by atoms with van der Waals surface area (Å²) in [6.45, 7) is 3.64. The van der Waals surface area contributed by atoms with Crippen LogP contribution in [0.2, 0.25) is 0 Å². The Morgan fingerprint density at radius 2 is 1.93 bits per heavy atom. The fourth-order valence-electron chi connectivity index (χ4n) is 2.89. The molecule has 0 fully saturated rings. The average molecular weight is 376 g/mol. The number of nitrogens with one attached hydrogen (secondary N) is 2. The van der Waals surface area contributed by atoms with Gasteiger partial charge in [0.2, 0.25) is 5.95 Å². The molecule has 0 radical (unpaired) electrons. The van der Waals surface area contributed by atoms with Crippen molar-refractivity contribution in [2.75, 3.05) is 23.8 Å². The summed E-state index contributed by atoms with van der Waals surface area (Å²) in [5, 5.41) is 5.97. The average Bonchev–Trinajstić information content (AvgIpc) is 2.72. The summed E-state index contributed by atoms with van der Waals surface area (Å²) in [6, 6.07) is 15.0. The Bertz CT molecular complexity index is 1010. The van der Waals surface area contributed by atoms with Gasteiger partial charge in [-0.25, -0.2) is 9.97 Å². The molecule has 0 saturated carbocycles. The predicted octanol–water partition coefficient (Wildman–Crippen LogP) is 3.42. The first-order valence-corrected chi connectivity index (χ1v) is 9.01. The summed E-state index contributed by atoms with van der Waals surface area (Å²) in [6.07, 6.45) is 1.56. The molecule has 3 aromatic rings. The topological polar surface area (TPSA) is 85.4 Å². The van der Waals surface area contributed by atoms with Gasteiger partial charge in [0.1, 0.15) is 18.9 Å². The summed E-state index contributed by atoms with van der Waals surface area (Å²) < 4.78 is 11.0. The van der Waals surface area contributed by atoms with Crippen LogP contribution in [0.4, 0.5) is 11.6 Å². The minimum atomic E-state index is -0.322. The zero-order valence-electron chi connectivity index (χ0n) is 15.4. The Hall–Kier alpha value is -3.61. The van der Waals surface area contributed by atoms with E-state index in [0.29, 0.717) is 42.9 Å². The highest BCUT2D eigenvalue weighted by Crippen LogP contribution is 2.32. The Labute approximate surface area is 162 Å². The van der Waals surface area contributed by atoms with E-state index in [1.54, 1.807) is 30.5 Å². The number of rotatable bonds is 5. The van der Waals surface area contributed by atoms with Gasteiger partial charge in [0.15, 0.2) is 11.5 Å². The van der Waals surface area contributed by atoms with E-state index in [2.05, 4.69) is 26.7 Å². The normalized spacial score (nSPS) is 12.3. The number of carbonyl (C=O) groups excluding carboxylic acids is 1. The Kier molecular flexibility index (Phi) is 5.05. The number of hydrogen-bond donors (Lipinski definition) is 2. The molecule has 0 spiro atoms. The molecule has 1 amide bonds. The summed E-state index contributed by atoms with van der Waals surface area (Å²) in [5.74, 6) is 1.37. The Balaban J connectivity index is 1.42. The number of fused-ring (bicyclic) bond motifs is 1. The van der Waals surface area contributed by atoms with E-state index in [9.17, 15) is 4.79 Å². The third-order valence-corrected chi connectivity index (χ3v) is 4.22. The molecular formula is C21H20N4O3. The van der Waals surface area contributed by atoms with Gasteiger partial charge in [-0.05, 0) is 30.7 Å². The van der Waals surface area contributed by atoms with E-state index in [0.717, 1.165) is 5.56 Å². The smallest absolute Gasteiger partial charge is 0.274 e. The van der Waals surface area contributed by atoms with Crippen molar-refractivity contribution in [1.29, 1.82) is 0 Å². The molecule has 7 nitrogen and oxygen atoms in total. The third-order valence-electron chi connectivity index (χ3n) is 4.22. The van der Waals surface area contributed by atoms with Crippen molar-refractivity contribution < 1.29 is 14.3 Å². The number of carbonyl (C=O) groups is 1. The largest absolute Gasteiger partial charge is 0.486 e. The van der Waals surface area contributed by atoms with Gasteiger partial charge in [-0.2, -0.15) is 0 Å². The van der Waals surface area contributed by atoms with Crippen molar-refractivity contribution in [2.45, 2.75) is 13.5 Å². The van der Waals surface area contributed by atoms with E-state index in [1.165, 1.54) is 5.56 Å². The number of amides is 1. The van der Waals surface area contributed by atoms with Gasteiger partial charge in [-0.15, -0.1) is 0 Å². The monoisotopic (exact) mass is 376 g/mol. The maximum Gasteiger partial charge on any atom is 0.274 e. The van der Waals surface area contributed by atoms with Crippen LogP contribution in [-0.4, -0.2) is 29.1 Å². The first-order valence-electron chi connectivity index (χ1n) is 9.01. The molecule has 0 aliphatic carbocycles. The minimum absolute atomic E-state index is 0.275.